The number of rotatable bonds is 15. The van der Waals surface area contributed by atoms with Gasteiger partial charge in [0.25, 0.3) is 0 Å². The number of benzene rings is 1. The number of esters is 1. The summed E-state index contributed by atoms with van der Waals surface area (Å²) in [7, 11) is 2.12. The average Bonchev–Trinajstić information content (AvgIpc) is 3.16. The smallest absolute Gasteiger partial charge is 0.309 e. The summed E-state index contributed by atoms with van der Waals surface area (Å²) < 4.78 is 38.5. The number of unbranched alkanes of at least 4 members (excludes halogenated alkanes) is 2. The van der Waals surface area contributed by atoms with E-state index in [0.717, 1.165) is 11.6 Å². The van der Waals surface area contributed by atoms with Crippen LogP contribution in [0.5, 0.6) is 0 Å². The molecule has 1 saturated carbocycles. The van der Waals surface area contributed by atoms with Crippen LogP contribution in [0.4, 0.5) is 8.78 Å². The van der Waals surface area contributed by atoms with E-state index in [1.165, 1.54) is 6.08 Å². The van der Waals surface area contributed by atoms with Crippen molar-refractivity contribution in [1.29, 1.82) is 0 Å². The van der Waals surface area contributed by atoms with Gasteiger partial charge < -0.3 is 9.26 Å². The Morgan fingerprint density at radius 3 is 2.60 bits per heavy atom. The van der Waals surface area contributed by atoms with Gasteiger partial charge in [0.15, 0.2) is 0 Å². The summed E-state index contributed by atoms with van der Waals surface area (Å²) in [6.45, 7) is 2.04. The molecule has 0 saturated heterocycles. The Hall–Kier alpha value is -2.24. The Balaban J connectivity index is 1.81. The second-order valence-corrected chi connectivity index (χ2v) is 9.08. The highest BCUT2D eigenvalue weighted by Crippen LogP contribution is 2.36. The van der Waals surface area contributed by atoms with Crippen molar-refractivity contribution in [2.75, 3.05) is 0 Å². The van der Waals surface area contributed by atoms with Gasteiger partial charge in [-0.05, 0) is 37.3 Å². The maximum atomic E-state index is 14.0. The zero-order valence-electron chi connectivity index (χ0n) is 20.2. The third-order valence-corrected chi connectivity index (χ3v) is 6.46. The van der Waals surface area contributed by atoms with Crippen LogP contribution in [0.1, 0.15) is 63.9 Å². The van der Waals surface area contributed by atoms with Gasteiger partial charge in [-0.1, -0.05) is 61.9 Å². The third kappa shape index (κ3) is 9.73. The van der Waals surface area contributed by atoms with E-state index >= 15 is 0 Å². The van der Waals surface area contributed by atoms with Crippen LogP contribution in [-0.4, -0.2) is 29.6 Å². The van der Waals surface area contributed by atoms with Crippen LogP contribution in [0.25, 0.3) is 0 Å². The molecule has 0 spiro atoms. The number of halogens is 2. The van der Waals surface area contributed by atoms with E-state index in [9.17, 15) is 23.2 Å². The van der Waals surface area contributed by atoms with Crippen LogP contribution < -0.4 is 0 Å². The van der Waals surface area contributed by atoms with Crippen molar-refractivity contribution >= 4 is 27.0 Å². The van der Waals surface area contributed by atoms with Crippen LogP contribution in [0.2, 0.25) is 0 Å². The Labute approximate surface area is 208 Å². The predicted octanol–water partition coefficient (Wildman–Crippen LogP) is 6.18. The minimum Gasteiger partial charge on any atom is -0.461 e. The van der Waals surface area contributed by atoms with Gasteiger partial charge in [0.05, 0.1) is 6.10 Å². The Kier molecular flexibility index (Phi) is 12.4. The van der Waals surface area contributed by atoms with E-state index in [0.29, 0.717) is 32.1 Å². The van der Waals surface area contributed by atoms with Gasteiger partial charge in [-0.3, -0.25) is 14.4 Å². The quantitative estimate of drug-likeness (QED) is 0.0931. The normalized spacial score (nSPS) is 20.7. The second-order valence-electron chi connectivity index (χ2n) is 8.81. The number of ether oxygens (including phenoxy) is 1. The van der Waals surface area contributed by atoms with E-state index in [-0.39, 0.29) is 31.2 Å². The lowest BCUT2D eigenvalue weighted by Gasteiger charge is -2.19. The first-order valence-corrected chi connectivity index (χ1v) is 12.6. The van der Waals surface area contributed by atoms with Gasteiger partial charge in [0.2, 0.25) is 5.78 Å². The van der Waals surface area contributed by atoms with Crippen LogP contribution >= 0.6 is 9.47 Å². The van der Waals surface area contributed by atoms with Crippen molar-refractivity contribution < 1.29 is 32.4 Å². The third-order valence-electron chi connectivity index (χ3n) is 6.11. The lowest BCUT2D eigenvalue weighted by molar-refractivity contribution is -0.145. The molecule has 1 aliphatic rings. The molecule has 0 amide bonds. The first-order chi connectivity index (χ1) is 16.8. The van der Waals surface area contributed by atoms with E-state index < -0.39 is 36.1 Å². The molecular weight excluding hydrogens is 473 g/mol. The largest absolute Gasteiger partial charge is 0.461 e. The Bertz CT molecular complexity index is 885. The summed E-state index contributed by atoms with van der Waals surface area (Å²) >= 11 is 0. The molecule has 0 bridgehead atoms. The van der Waals surface area contributed by atoms with Crippen molar-refractivity contribution in [2.45, 2.75) is 76.9 Å². The SMILES string of the molecule is CCCCC(F)(F)C(=O)/C=C/[C@H]1[C@H](OP)CC(=O)[C@@H]1C/C=C\CCCC(=O)OCc1ccccc1. The molecule has 1 aromatic rings. The molecule has 5 nitrogen and oxygen atoms in total. The van der Waals surface area contributed by atoms with Crippen LogP contribution in [-0.2, 0) is 30.3 Å². The van der Waals surface area contributed by atoms with Gasteiger partial charge in [-0.2, -0.15) is 8.78 Å². The number of ketones is 2. The predicted molar refractivity (Wildman–Crippen MR) is 134 cm³/mol. The topological polar surface area (TPSA) is 69.7 Å². The molecule has 1 fully saturated rings. The molecule has 0 heterocycles. The monoisotopic (exact) mass is 508 g/mol. The highest BCUT2D eigenvalue weighted by Gasteiger charge is 2.41. The minimum absolute atomic E-state index is 0.0218. The molecule has 0 radical (unpaired) electrons. The highest BCUT2D eigenvalue weighted by atomic mass is 31.0. The molecule has 4 atom stereocenters. The Morgan fingerprint density at radius 2 is 1.91 bits per heavy atom. The van der Waals surface area contributed by atoms with Crippen molar-refractivity contribution in [3.05, 3.63) is 60.2 Å². The summed E-state index contributed by atoms with van der Waals surface area (Å²) in [6, 6.07) is 9.46. The van der Waals surface area contributed by atoms with Crippen molar-refractivity contribution in [2.24, 2.45) is 11.8 Å². The van der Waals surface area contributed by atoms with E-state index in [1.807, 2.05) is 42.5 Å². The zero-order chi connectivity index (χ0) is 25.7. The maximum Gasteiger partial charge on any atom is 0.309 e. The highest BCUT2D eigenvalue weighted by molar-refractivity contribution is 7.09. The summed E-state index contributed by atoms with van der Waals surface area (Å²) in [6.07, 6.45) is 8.11. The molecule has 2 rings (SSSR count). The van der Waals surface area contributed by atoms with Gasteiger partial charge in [-0.25, -0.2) is 0 Å². The Morgan fingerprint density at radius 1 is 1.17 bits per heavy atom. The van der Waals surface area contributed by atoms with Gasteiger partial charge in [-0.15, -0.1) is 0 Å². The first kappa shape index (κ1) is 29.0. The summed E-state index contributed by atoms with van der Waals surface area (Å²) in [5, 5.41) is 0. The molecule has 192 valence electrons. The number of Topliss-reactive ketones (excluding diaryl/α,β-unsaturated/α-hetero) is 1. The fraction of sp³-hybridized carbons (Fsp3) is 0.519. The zero-order valence-corrected chi connectivity index (χ0v) is 21.3. The second kappa shape index (κ2) is 15.0. The number of alkyl halides is 2. The fourth-order valence-corrected chi connectivity index (χ4v) is 4.30. The lowest BCUT2D eigenvalue weighted by atomic mass is 9.90. The van der Waals surface area contributed by atoms with E-state index in [4.69, 9.17) is 9.26 Å². The molecule has 0 aliphatic heterocycles. The van der Waals surface area contributed by atoms with E-state index in [2.05, 4.69) is 9.47 Å². The molecule has 8 heteroatoms. The van der Waals surface area contributed by atoms with Gasteiger partial charge in [0.1, 0.15) is 12.4 Å². The fourth-order valence-electron chi connectivity index (χ4n) is 4.02. The number of allylic oxidation sites excluding steroid dienone is 3. The number of hydrogen-bond acceptors (Lipinski definition) is 5. The van der Waals surface area contributed by atoms with E-state index in [1.54, 1.807) is 6.92 Å². The first-order valence-electron chi connectivity index (χ1n) is 12.1. The summed E-state index contributed by atoms with van der Waals surface area (Å²) in [5.41, 5.74) is 0.935. The standard InChI is InChI=1S/C27H35F2O5P/c1-2-3-17-27(28,29)25(31)16-15-22-21(23(30)18-24(22)34-35)13-9-4-5-10-14-26(32)33-19-20-11-7-6-8-12-20/h4,6-9,11-12,15-16,21-22,24H,2-3,5,10,13-14,17-19,35H2,1H3/b9-4-,16-15+/t21-,22-,24-/m1/s1. The maximum absolute atomic E-state index is 14.0. The van der Waals surface area contributed by atoms with Gasteiger partial charge in [0, 0.05) is 40.6 Å². The molecule has 1 aromatic carbocycles. The number of carbonyl (C=O) groups is 3. The van der Waals surface area contributed by atoms with Crippen molar-refractivity contribution in [3.63, 3.8) is 0 Å². The molecular formula is C27H35F2O5P. The number of carbonyl (C=O) groups excluding carboxylic acids is 3. The molecule has 1 aliphatic carbocycles. The molecule has 0 aromatic heterocycles. The lowest BCUT2D eigenvalue weighted by Crippen LogP contribution is -2.27. The van der Waals surface area contributed by atoms with Crippen LogP contribution in [0, 0.1) is 11.8 Å². The summed E-state index contributed by atoms with van der Waals surface area (Å²) in [4.78, 5) is 36.4. The molecule has 35 heavy (non-hydrogen) atoms. The van der Waals surface area contributed by atoms with Crippen molar-refractivity contribution in [1.82, 2.24) is 0 Å². The average molecular weight is 509 g/mol. The van der Waals surface area contributed by atoms with Crippen LogP contribution in [0.15, 0.2) is 54.6 Å². The van der Waals surface area contributed by atoms with Crippen molar-refractivity contribution in [3.8, 4) is 0 Å². The van der Waals surface area contributed by atoms with Gasteiger partial charge >= 0.3 is 11.9 Å². The molecule has 0 N–H and O–H groups in total. The minimum atomic E-state index is -3.40. The summed E-state index contributed by atoms with van der Waals surface area (Å²) in [5.74, 6) is -5.82. The van der Waals surface area contributed by atoms with Crippen LogP contribution in [0.3, 0.4) is 0 Å². The number of hydrogen-bond donors (Lipinski definition) is 0. The molecule has 1 unspecified atom stereocenters.